The third kappa shape index (κ3) is 2.52. The van der Waals surface area contributed by atoms with Gasteiger partial charge in [0.1, 0.15) is 11.9 Å². The second kappa shape index (κ2) is 5.72. The predicted octanol–water partition coefficient (Wildman–Crippen LogP) is 4.00. The molecule has 5 heteroatoms. The minimum Gasteiger partial charge on any atom is -0.466 e. The van der Waals surface area contributed by atoms with Crippen molar-refractivity contribution >= 4 is 11.8 Å². The predicted molar refractivity (Wildman–Crippen MR) is 103 cm³/mol. The first-order valence-corrected chi connectivity index (χ1v) is 9.72. The van der Waals surface area contributed by atoms with E-state index in [1.807, 2.05) is 17.7 Å². The summed E-state index contributed by atoms with van der Waals surface area (Å²) in [5.74, 6) is 1.43. The first-order chi connectivity index (χ1) is 13.0. The number of methoxy groups -OCH3 is 1. The van der Waals surface area contributed by atoms with Crippen LogP contribution in [0.1, 0.15) is 48.9 Å². The van der Waals surface area contributed by atoms with Crippen molar-refractivity contribution in [2.75, 3.05) is 12.4 Å². The zero-order valence-electron chi connectivity index (χ0n) is 16.1. The molecule has 2 aliphatic carbocycles. The quantitative estimate of drug-likeness (QED) is 0.835. The molecule has 1 aliphatic heterocycles. The maximum absolute atomic E-state index is 12.6. The lowest BCUT2D eigenvalue weighted by Crippen LogP contribution is -2.29. The number of allylic oxidation sites excluding steroid dienone is 1. The van der Waals surface area contributed by atoms with E-state index >= 15 is 0 Å². The van der Waals surface area contributed by atoms with Gasteiger partial charge in [-0.05, 0) is 67.6 Å². The van der Waals surface area contributed by atoms with Crippen LogP contribution in [0.25, 0.3) is 0 Å². The summed E-state index contributed by atoms with van der Waals surface area (Å²) in [5, 5.41) is 7.78. The van der Waals surface area contributed by atoms with Crippen molar-refractivity contribution in [2.24, 2.45) is 11.3 Å². The monoisotopic (exact) mass is 363 g/mol. The normalized spacial score (nSPS) is 24.4. The van der Waals surface area contributed by atoms with E-state index in [1.54, 1.807) is 6.20 Å². The number of aromatic nitrogens is 2. The first-order valence-electron chi connectivity index (χ1n) is 9.72. The molecule has 2 saturated carbocycles. The third-order valence-corrected chi connectivity index (χ3v) is 6.81. The Morgan fingerprint density at radius 3 is 2.85 bits per heavy atom. The molecule has 3 aliphatic rings. The van der Waals surface area contributed by atoms with E-state index in [2.05, 4.69) is 35.5 Å². The summed E-state index contributed by atoms with van der Waals surface area (Å²) in [6.45, 7) is 4.11. The van der Waals surface area contributed by atoms with E-state index in [9.17, 15) is 4.79 Å². The first kappa shape index (κ1) is 16.6. The molecule has 27 heavy (non-hydrogen) atoms. The number of anilines is 1. The fourth-order valence-corrected chi connectivity index (χ4v) is 4.85. The maximum Gasteiger partial charge on any atom is 0.338 e. The Balaban J connectivity index is 1.58. The Kier molecular flexibility index (Phi) is 3.51. The second-order valence-corrected chi connectivity index (χ2v) is 8.32. The van der Waals surface area contributed by atoms with E-state index in [0.29, 0.717) is 11.0 Å². The Bertz CT molecular complexity index is 968. The summed E-state index contributed by atoms with van der Waals surface area (Å²) < 4.78 is 7.00. The standard InChI is InChI=1S/C22H25N3O2/c1-13-15(11-16-12-22(16)8-9-22)5-4-6-17(13)20-19(21(26)27-3)14(2)24-18-7-10-23-25(18)20/h4-7,10,16,20,24H,8-9,11-12H2,1-3H3. The van der Waals surface area contributed by atoms with Gasteiger partial charge in [-0.25, -0.2) is 9.48 Å². The Morgan fingerprint density at radius 2 is 2.15 bits per heavy atom. The van der Waals surface area contributed by atoms with Gasteiger partial charge in [-0.1, -0.05) is 18.2 Å². The van der Waals surface area contributed by atoms with E-state index < -0.39 is 0 Å². The van der Waals surface area contributed by atoms with Gasteiger partial charge < -0.3 is 10.1 Å². The molecule has 1 spiro atoms. The zero-order chi connectivity index (χ0) is 18.8. The van der Waals surface area contributed by atoms with Crippen LogP contribution in [0, 0.1) is 18.3 Å². The largest absolute Gasteiger partial charge is 0.466 e. The van der Waals surface area contributed by atoms with Crippen LogP contribution in [-0.2, 0) is 16.0 Å². The summed E-state index contributed by atoms with van der Waals surface area (Å²) in [7, 11) is 1.43. The molecule has 1 aromatic carbocycles. The third-order valence-electron chi connectivity index (χ3n) is 6.81. The number of rotatable bonds is 4. The highest BCUT2D eigenvalue weighted by Gasteiger charge is 2.61. The van der Waals surface area contributed by atoms with Gasteiger partial charge in [0.25, 0.3) is 0 Å². The molecule has 0 saturated heterocycles. The molecule has 0 amide bonds. The number of hydrogen-bond donors (Lipinski definition) is 1. The van der Waals surface area contributed by atoms with Crippen molar-refractivity contribution in [3.63, 3.8) is 0 Å². The molecule has 2 unspecified atom stereocenters. The van der Waals surface area contributed by atoms with E-state index in [4.69, 9.17) is 4.74 Å². The highest BCUT2D eigenvalue weighted by atomic mass is 16.5. The second-order valence-electron chi connectivity index (χ2n) is 8.32. The average molecular weight is 363 g/mol. The van der Waals surface area contributed by atoms with Crippen LogP contribution in [0.2, 0.25) is 0 Å². The SMILES string of the molecule is COC(=O)C1=C(C)Nc2ccnn2C1c1cccc(CC2CC23CC3)c1C. The lowest BCUT2D eigenvalue weighted by molar-refractivity contribution is -0.136. The van der Waals surface area contributed by atoms with Gasteiger partial charge in [0.15, 0.2) is 0 Å². The summed E-state index contributed by atoms with van der Waals surface area (Å²) in [4.78, 5) is 12.6. The summed E-state index contributed by atoms with van der Waals surface area (Å²) >= 11 is 0. The van der Waals surface area contributed by atoms with E-state index in [-0.39, 0.29) is 12.0 Å². The summed E-state index contributed by atoms with van der Waals surface area (Å²) in [6.07, 6.45) is 7.13. The van der Waals surface area contributed by atoms with Gasteiger partial charge in [-0.3, -0.25) is 0 Å². The summed E-state index contributed by atoms with van der Waals surface area (Å²) in [6, 6.07) is 8.15. The van der Waals surface area contributed by atoms with Gasteiger partial charge >= 0.3 is 5.97 Å². The van der Waals surface area contributed by atoms with Crippen molar-refractivity contribution in [1.82, 2.24) is 9.78 Å². The minimum atomic E-state index is -0.310. The van der Waals surface area contributed by atoms with Crippen LogP contribution in [0.5, 0.6) is 0 Å². The topological polar surface area (TPSA) is 56.1 Å². The lowest BCUT2D eigenvalue weighted by Gasteiger charge is -2.30. The molecule has 5 nitrogen and oxygen atoms in total. The van der Waals surface area contributed by atoms with Gasteiger partial charge in [0.2, 0.25) is 0 Å². The molecule has 2 fully saturated rings. The molecule has 1 N–H and O–H groups in total. The van der Waals surface area contributed by atoms with Crippen LogP contribution < -0.4 is 5.32 Å². The van der Waals surface area contributed by atoms with Crippen LogP contribution >= 0.6 is 0 Å². The molecule has 0 radical (unpaired) electrons. The number of esters is 1. The smallest absolute Gasteiger partial charge is 0.338 e. The van der Waals surface area contributed by atoms with Gasteiger partial charge in [0.05, 0.1) is 18.9 Å². The summed E-state index contributed by atoms with van der Waals surface area (Å²) in [5.41, 5.74) is 5.94. The van der Waals surface area contributed by atoms with E-state index in [1.165, 1.54) is 37.5 Å². The number of benzene rings is 1. The molecule has 2 atom stereocenters. The molecule has 1 aromatic heterocycles. The molecule has 0 bridgehead atoms. The van der Waals surface area contributed by atoms with Gasteiger partial charge in [0, 0.05) is 11.8 Å². The number of ether oxygens (including phenoxy) is 1. The molecular formula is C22H25N3O2. The number of carbonyl (C=O) groups excluding carboxylic acids is 1. The van der Waals surface area contributed by atoms with Crippen molar-refractivity contribution in [3.8, 4) is 0 Å². The van der Waals surface area contributed by atoms with Crippen LogP contribution in [-0.4, -0.2) is 22.9 Å². The van der Waals surface area contributed by atoms with Crippen molar-refractivity contribution < 1.29 is 9.53 Å². The highest BCUT2D eigenvalue weighted by molar-refractivity contribution is 5.92. The van der Waals surface area contributed by atoms with Crippen LogP contribution in [0.4, 0.5) is 5.82 Å². The van der Waals surface area contributed by atoms with Crippen molar-refractivity contribution in [3.05, 3.63) is 58.4 Å². The molecule has 5 rings (SSSR count). The number of carbonyl (C=O) groups is 1. The Labute approximate surface area is 159 Å². The minimum absolute atomic E-state index is 0.266. The molecule has 2 aromatic rings. The van der Waals surface area contributed by atoms with Gasteiger partial charge in [-0.15, -0.1) is 0 Å². The van der Waals surface area contributed by atoms with Crippen LogP contribution in [0.15, 0.2) is 41.7 Å². The Hall–Kier alpha value is -2.56. The van der Waals surface area contributed by atoms with Crippen molar-refractivity contribution in [1.29, 1.82) is 0 Å². The zero-order valence-corrected chi connectivity index (χ0v) is 16.1. The van der Waals surface area contributed by atoms with Crippen LogP contribution in [0.3, 0.4) is 0 Å². The number of nitrogens with zero attached hydrogens (tertiary/aromatic N) is 2. The fraction of sp³-hybridized carbons (Fsp3) is 0.455. The molecule has 2 heterocycles. The van der Waals surface area contributed by atoms with Gasteiger partial charge in [-0.2, -0.15) is 5.10 Å². The lowest BCUT2D eigenvalue weighted by atomic mass is 9.89. The Morgan fingerprint density at radius 1 is 1.33 bits per heavy atom. The van der Waals surface area contributed by atoms with E-state index in [0.717, 1.165) is 29.4 Å². The number of fused-ring (bicyclic) bond motifs is 1. The highest BCUT2D eigenvalue weighted by Crippen LogP contribution is 2.71. The number of hydrogen-bond acceptors (Lipinski definition) is 4. The fourth-order valence-electron chi connectivity index (χ4n) is 4.85. The maximum atomic E-state index is 12.6. The molecule has 140 valence electrons. The average Bonchev–Trinajstić information content (AvgIpc) is 3.53. The number of nitrogens with one attached hydrogen (secondary N) is 1. The van der Waals surface area contributed by atoms with Crippen molar-refractivity contribution in [2.45, 2.75) is 45.6 Å². The molecular weight excluding hydrogens is 338 g/mol.